The molecule has 0 saturated carbocycles. The van der Waals surface area contributed by atoms with E-state index in [0.29, 0.717) is 6.42 Å². The van der Waals surface area contributed by atoms with Gasteiger partial charge in [-0.15, -0.1) is 0 Å². The zero-order valence-electron chi connectivity index (χ0n) is 15.3. The van der Waals surface area contributed by atoms with E-state index in [1.54, 1.807) is 0 Å². The molecule has 1 fully saturated rings. The number of rotatable bonds is 5. The highest BCUT2D eigenvalue weighted by atomic mass is 16.7. The lowest BCUT2D eigenvalue weighted by molar-refractivity contribution is -0.114. The van der Waals surface area contributed by atoms with Gasteiger partial charge in [-0.25, -0.2) is 4.79 Å². The number of hydrogen-bond acceptors (Lipinski definition) is 4. The molecule has 3 unspecified atom stereocenters. The first-order chi connectivity index (χ1) is 11.3. The van der Waals surface area contributed by atoms with E-state index in [-0.39, 0.29) is 18.1 Å². The number of carbonyl (C=O) groups is 1. The monoisotopic (exact) mass is 335 g/mol. The Morgan fingerprint density at radius 3 is 2.75 bits per heavy atom. The van der Waals surface area contributed by atoms with Crippen molar-refractivity contribution in [2.45, 2.75) is 58.3 Å². The fourth-order valence-corrected chi connectivity index (χ4v) is 3.96. The van der Waals surface area contributed by atoms with Crippen molar-refractivity contribution >= 4 is 6.16 Å². The molecule has 0 amide bonds. The smallest absolute Gasteiger partial charge is 0.491 e. The van der Waals surface area contributed by atoms with Crippen LogP contribution in [-0.4, -0.2) is 41.9 Å². The maximum atomic E-state index is 11.5. The summed E-state index contributed by atoms with van der Waals surface area (Å²) in [5.74, 6) is 0.793. The lowest BCUT2D eigenvalue weighted by atomic mass is 9.72. The summed E-state index contributed by atoms with van der Waals surface area (Å²) < 4.78 is 11.3. The van der Waals surface area contributed by atoms with Crippen molar-refractivity contribution in [2.75, 3.05) is 13.6 Å². The fourth-order valence-electron chi connectivity index (χ4n) is 3.96. The van der Waals surface area contributed by atoms with Crippen molar-refractivity contribution in [3.8, 4) is 5.75 Å². The van der Waals surface area contributed by atoms with E-state index in [1.165, 1.54) is 0 Å². The number of hydrogen-bond donors (Lipinski definition) is 1. The molecule has 2 rings (SSSR count). The Bertz CT molecular complexity index is 574. The van der Waals surface area contributed by atoms with E-state index in [1.807, 2.05) is 38.1 Å². The van der Waals surface area contributed by atoms with Gasteiger partial charge in [-0.2, -0.15) is 0 Å². The van der Waals surface area contributed by atoms with Crippen LogP contribution in [-0.2, 0) is 10.3 Å². The first-order valence-electron chi connectivity index (χ1n) is 8.69. The Hall–Kier alpha value is -1.75. The molecule has 5 nitrogen and oxygen atoms in total. The van der Waals surface area contributed by atoms with Gasteiger partial charge in [0.05, 0.1) is 6.10 Å². The van der Waals surface area contributed by atoms with Crippen LogP contribution >= 0.6 is 0 Å². The standard InChI is InChI=1S/C19H29NO4/c1-6-17-14(4)19(24-18(21)22,10-11-20(17)5)15-8-7-9-16(12-15)23-13(2)3/h7-9,12-14,17H,6,10-11H2,1-5H3,(H,21,22). The largest absolute Gasteiger partial charge is 0.506 e. The molecular formula is C19H29NO4. The molecule has 1 saturated heterocycles. The molecule has 1 aromatic rings. The van der Waals surface area contributed by atoms with Crippen LogP contribution in [0.15, 0.2) is 24.3 Å². The van der Waals surface area contributed by atoms with Gasteiger partial charge in [0.25, 0.3) is 0 Å². The maximum Gasteiger partial charge on any atom is 0.506 e. The summed E-state index contributed by atoms with van der Waals surface area (Å²) in [7, 11) is 2.09. The van der Waals surface area contributed by atoms with E-state index in [2.05, 4.69) is 25.8 Å². The van der Waals surface area contributed by atoms with Crippen LogP contribution in [0, 0.1) is 5.92 Å². The van der Waals surface area contributed by atoms with Crippen LogP contribution in [0.2, 0.25) is 0 Å². The van der Waals surface area contributed by atoms with Gasteiger partial charge in [0.2, 0.25) is 0 Å². The minimum absolute atomic E-state index is 0.0478. The van der Waals surface area contributed by atoms with Crippen LogP contribution in [0.1, 0.15) is 46.1 Å². The van der Waals surface area contributed by atoms with E-state index in [4.69, 9.17) is 9.47 Å². The summed E-state index contributed by atoms with van der Waals surface area (Å²) in [5, 5.41) is 9.38. The quantitative estimate of drug-likeness (QED) is 0.821. The molecule has 1 heterocycles. The van der Waals surface area contributed by atoms with Gasteiger partial charge in [-0.1, -0.05) is 26.0 Å². The van der Waals surface area contributed by atoms with Crippen molar-refractivity contribution < 1.29 is 19.4 Å². The molecule has 24 heavy (non-hydrogen) atoms. The molecule has 1 N–H and O–H groups in total. The summed E-state index contributed by atoms with van der Waals surface area (Å²) in [4.78, 5) is 13.8. The van der Waals surface area contributed by atoms with Gasteiger partial charge in [-0.3, -0.25) is 0 Å². The second kappa shape index (κ2) is 7.43. The zero-order chi connectivity index (χ0) is 17.9. The highest BCUT2D eigenvalue weighted by Gasteiger charge is 2.49. The van der Waals surface area contributed by atoms with E-state index in [0.717, 1.165) is 24.3 Å². The molecule has 0 aliphatic carbocycles. The Labute approximate surface area is 144 Å². The molecule has 0 aromatic heterocycles. The number of likely N-dealkylation sites (tertiary alicyclic amines) is 1. The minimum atomic E-state index is -1.23. The highest BCUT2D eigenvalue weighted by Crippen LogP contribution is 2.45. The van der Waals surface area contributed by atoms with Crippen molar-refractivity contribution in [1.82, 2.24) is 4.90 Å². The predicted octanol–water partition coefficient (Wildman–Crippen LogP) is 4.11. The SMILES string of the molecule is CCC1C(C)C(OC(=O)O)(c2cccc(OC(C)C)c2)CCN1C. The van der Waals surface area contributed by atoms with Crippen molar-refractivity contribution in [2.24, 2.45) is 5.92 Å². The summed E-state index contributed by atoms with van der Waals surface area (Å²) in [6.45, 7) is 8.96. The number of carboxylic acid groups (broad SMARTS) is 1. The number of piperidine rings is 1. The second-order valence-electron chi connectivity index (χ2n) is 6.95. The predicted molar refractivity (Wildman–Crippen MR) is 93.5 cm³/mol. The van der Waals surface area contributed by atoms with Crippen LogP contribution in [0.4, 0.5) is 4.79 Å². The van der Waals surface area contributed by atoms with Gasteiger partial charge in [0.1, 0.15) is 11.4 Å². The highest BCUT2D eigenvalue weighted by molar-refractivity contribution is 5.58. The van der Waals surface area contributed by atoms with Gasteiger partial charge in [0.15, 0.2) is 0 Å². The lowest BCUT2D eigenvalue weighted by Crippen LogP contribution is -2.55. The van der Waals surface area contributed by atoms with Crippen molar-refractivity contribution in [3.63, 3.8) is 0 Å². The Morgan fingerprint density at radius 2 is 2.17 bits per heavy atom. The molecular weight excluding hydrogens is 306 g/mol. The summed E-state index contributed by atoms with van der Waals surface area (Å²) in [6, 6.07) is 7.95. The third-order valence-electron chi connectivity index (χ3n) is 5.10. The van der Waals surface area contributed by atoms with Crippen LogP contribution < -0.4 is 4.74 Å². The fraction of sp³-hybridized carbons (Fsp3) is 0.632. The summed E-state index contributed by atoms with van der Waals surface area (Å²) in [6.07, 6.45) is 0.426. The number of nitrogens with zero attached hydrogens (tertiary/aromatic N) is 1. The first kappa shape index (κ1) is 18.6. The van der Waals surface area contributed by atoms with Crippen LogP contribution in [0.3, 0.4) is 0 Å². The Morgan fingerprint density at radius 1 is 1.46 bits per heavy atom. The molecule has 1 aliphatic heterocycles. The second-order valence-corrected chi connectivity index (χ2v) is 6.95. The van der Waals surface area contributed by atoms with Crippen LogP contribution in [0.25, 0.3) is 0 Å². The van der Waals surface area contributed by atoms with E-state index >= 15 is 0 Å². The summed E-state index contributed by atoms with van der Waals surface area (Å²) >= 11 is 0. The number of benzene rings is 1. The van der Waals surface area contributed by atoms with Gasteiger partial charge >= 0.3 is 6.16 Å². The third kappa shape index (κ3) is 3.66. The first-order valence-corrected chi connectivity index (χ1v) is 8.69. The Kier molecular flexibility index (Phi) is 5.75. The minimum Gasteiger partial charge on any atom is -0.491 e. The third-order valence-corrected chi connectivity index (χ3v) is 5.10. The topological polar surface area (TPSA) is 59.0 Å². The van der Waals surface area contributed by atoms with Crippen molar-refractivity contribution in [3.05, 3.63) is 29.8 Å². The van der Waals surface area contributed by atoms with Gasteiger partial charge in [0, 0.05) is 24.9 Å². The molecule has 134 valence electrons. The molecule has 5 heteroatoms. The van der Waals surface area contributed by atoms with Crippen molar-refractivity contribution in [1.29, 1.82) is 0 Å². The molecule has 0 spiro atoms. The lowest BCUT2D eigenvalue weighted by Gasteiger charge is -2.49. The molecule has 0 radical (unpaired) electrons. The number of ether oxygens (including phenoxy) is 2. The van der Waals surface area contributed by atoms with Gasteiger partial charge < -0.3 is 19.5 Å². The summed E-state index contributed by atoms with van der Waals surface area (Å²) in [5.41, 5.74) is 0.0390. The van der Waals surface area contributed by atoms with Crippen LogP contribution in [0.5, 0.6) is 5.75 Å². The molecule has 1 aromatic carbocycles. The molecule has 3 atom stereocenters. The Balaban J connectivity index is 2.46. The van der Waals surface area contributed by atoms with E-state index < -0.39 is 11.8 Å². The normalized spacial score (nSPS) is 27.9. The average molecular weight is 335 g/mol. The molecule has 0 bridgehead atoms. The van der Waals surface area contributed by atoms with Gasteiger partial charge in [-0.05, 0) is 45.0 Å². The zero-order valence-corrected chi connectivity index (χ0v) is 15.3. The van der Waals surface area contributed by atoms with E-state index in [9.17, 15) is 9.90 Å². The molecule has 1 aliphatic rings. The maximum absolute atomic E-state index is 11.5. The average Bonchev–Trinajstić information content (AvgIpc) is 2.50.